The molecule has 1 unspecified atom stereocenters. The summed E-state index contributed by atoms with van der Waals surface area (Å²) in [6.45, 7) is 4.75. The van der Waals surface area contributed by atoms with Gasteiger partial charge in [0, 0.05) is 18.8 Å². The Morgan fingerprint density at radius 3 is 2.68 bits per heavy atom. The second-order valence-electron chi connectivity index (χ2n) is 8.82. The van der Waals surface area contributed by atoms with Crippen molar-refractivity contribution in [2.75, 3.05) is 31.7 Å². The number of hydrogen-bond acceptors (Lipinski definition) is 7. The molecular formula is C24H31N3O4. The molecule has 1 aromatic carbocycles. The van der Waals surface area contributed by atoms with Gasteiger partial charge in [0.25, 0.3) is 0 Å². The first-order valence-corrected chi connectivity index (χ1v) is 11.5. The van der Waals surface area contributed by atoms with Crippen LogP contribution in [-0.2, 0) is 4.74 Å². The van der Waals surface area contributed by atoms with Crippen molar-refractivity contribution in [2.45, 2.75) is 57.6 Å². The summed E-state index contributed by atoms with van der Waals surface area (Å²) in [7, 11) is 0. The van der Waals surface area contributed by atoms with Crippen molar-refractivity contribution in [3.63, 3.8) is 0 Å². The van der Waals surface area contributed by atoms with Gasteiger partial charge in [0.2, 0.25) is 11.8 Å². The highest BCUT2D eigenvalue weighted by Crippen LogP contribution is 2.37. The molecule has 7 heteroatoms. The van der Waals surface area contributed by atoms with Crippen LogP contribution in [0.25, 0.3) is 11.1 Å². The van der Waals surface area contributed by atoms with Crippen molar-refractivity contribution in [3.8, 4) is 28.5 Å². The molecule has 0 amide bonds. The zero-order valence-electron chi connectivity index (χ0n) is 18.1. The molecule has 166 valence electrons. The quantitative estimate of drug-likeness (QED) is 0.732. The smallest absolute Gasteiger partial charge is 0.226 e. The number of anilines is 1. The molecule has 3 heterocycles. The third kappa shape index (κ3) is 4.87. The predicted molar refractivity (Wildman–Crippen MR) is 118 cm³/mol. The predicted octanol–water partition coefficient (Wildman–Crippen LogP) is 4.46. The lowest BCUT2D eigenvalue weighted by Crippen LogP contribution is -2.26. The van der Waals surface area contributed by atoms with Crippen molar-refractivity contribution in [1.82, 2.24) is 9.97 Å². The van der Waals surface area contributed by atoms with E-state index in [0.29, 0.717) is 37.7 Å². The Balaban J connectivity index is 1.39. The summed E-state index contributed by atoms with van der Waals surface area (Å²) in [5.74, 6) is 3.52. The third-order valence-electron chi connectivity index (χ3n) is 6.39. The van der Waals surface area contributed by atoms with E-state index in [1.165, 1.54) is 12.8 Å². The molecule has 0 bridgehead atoms. The Labute approximate surface area is 183 Å². The number of aromatic nitrogens is 2. The minimum Gasteiger partial charge on any atom is -0.486 e. The van der Waals surface area contributed by atoms with Gasteiger partial charge in [0.1, 0.15) is 19.8 Å². The van der Waals surface area contributed by atoms with Crippen LogP contribution >= 0.6 is 0 Å². The highest BCUT2D eigenvalue weighted by atomic mass is 16.6. The standard InChI is InChI=1S/C24H31N3O4/c1-16-4-7-18(8-5-16)26-24-25-14-20(23(27-24)31-15-19-3-2-10-28-19)17-6-9-21-22(13-17)30-12-11-29-21/h6,9,13-14,16,18-19H,2-5,7-8,10-12,15H2,1H3,(H,25,26,27). The summed E-state index contributed by atoms with van der Waals surface area (Å²) >= 11 is 0. The van der Waals surface area contributed by atoms with Crippen LogP contribution < -0.4 is 19.5 Å². The van der Waals surface area contributed by atoms with Crippen molar-refractivity contribution in [2.24, 2.45) is 5.92 Å². The number of nitrogens with one attached hydrogen (secondary N) is 1. The third-order valence-corrected chi connectivity index (χ3v) is 6.39. The average molecular weight is 426 g/mol. The molecule has 1 N–H and O–H groups in total. The minimum absolute atomic E-state index is 0.124. The highest BCUT2D eigenvalue weighted by molar-refractivity contribution is 5.71. The van der Waals surface area contributed by atoms with E-state index < -0.39 is 0 Å². The van der Waals surface area contributed by atoms with Crippen molar-refractivity contribution in [3.05, 3.63) is 24.4 Å². The summed E-state index contributed by atoms with van der Waals surface area (Å²) in [5, 5.41) is 3.52. The Morgan fingerprint density at radius 2 is 1.87 bits per heavy atom. The molecule has 5 rings (SSSR count). The fourth-order valence-corrected chi connectivity index (χ4v) is 4.49. The van der Waals surface area contributed by atoms with Crippen LogP contribution in [0.15, 0.2) is 24.4 Å². The summed E-state index contributed by atoms with van der Waals surface area (Å²) in [6, 6.07) is 6.33. The number of hydrogen-bond donors (Lipinski definition) is 1. The molecule has 2 fully saturated rings. The van der Waals surface area contributed by atoms with E-state index in [9.17, 15) is 0 Å². The number of benzene rings is 1. The number of ether oxygens (including phenoxy) is 4. The molecule has 1 aromatic heterocycles. The minimum atomic E-state index is 0.124. The lowest BCUT2D eigenvalue weighted by Gasteiger charge is -2.27. The fraction of sp³-hybridized carbons (Fsp3) is 0.583. The van der Waals surface area contributed by atoms with E-state index in [1.54, 1.807) is 0 Å². The fourth-order valence-electron chi connectivity index (χ4n) is 4.49. The van der Waals surface area contributed by atoms with Gasteiger partial charge in [-0.25, -0.2) is 4.98 Å². The molecule has 1 atom stereocenters. The summed E-state index contributed by atoms with van der Waals surface area (Å²) in [6.07, 6.45) is 8.87. The number of nitrogens with zero attached hydrogens (tertiary/aromatic N) is 2. The largest absolute Gasteiger partial charge is 0.486 e. The highest BCUT2D eigenvalue weighted by Gasteiger charge is 2.22. The Kier molecular flexibility index (Phi) is 6.11. The molecule has 0 radical (unpaired) electrons. The van der Waals surface area contributed by atoms with E-state index in [-0.39, 0.29) is 6.10 Å². The van der Waals surface area contributed by atoms with Gasteiger partial charge in [-0.3, -0.25) is 0 Å². The van der Waals surface area contributed by atoms with Crippen LogP contribution in [0.2, 0.25) is 0 Å². The first-order valence-electron chi connectivity index (χ1n) is 11.5. The van der Waals surface area contributed by atoms with Gasteiger partial charge in [-0.2, -0.15) is 4.98 Å². The van der Waals surface area contributed by atoms with Gasteiger partial charge in [0.05, 0.1) is 11.7 Å². The maximum absolute atomic E-state index is 6.18. The lowest BCUT2D eigenvalue weighted by atomic mass is 9.87. The van der Waals surface area contributed by atoms with Crippen molar-refractivity contribution in [1.29, 1.82) is 0 Å². The molecule has 2 aliphatic heterocycles. The second-order valence-corrected chi connectivity index (χ2v) is 8.82. The van der Waals surface area contributed by atoms with Gasteiger partial charge in [-0.15, -0.1) is 0 Å². The van der Waals surface area contributed by atoms with Gasteiger partial charge in [0.15, 0.2) is 11.5 Å². The number of fused-ring (bicyclic) bond motifs is 1. The second kappa shape index (κ2) is 9.30. The maximum Gasteiger partial charge on any atom is 0.226 e. The molecule has 1 saturated heterocycles. The van der Waals surface area contributed by atoms with Gasteiger partial charge < -0.3 is 24.3 Å². The van der Waals surface area contributed by atoms with Crippen LogP contribution in [-0.4, -0.2) is 48.5 Å². The van der Waals surface area contributed by atoms with Gasteiger partial charge in [-0.05, 0) is 62.1 Å². The Morgan fingerprint density at radius 1 is 1.03 bits per heavy atom. The molecule has 2 aromatic rings. The molecule has 3 aliphatic rings. The molecule has 31 heavy (non-hydrogen) atoms. The van der Waals surface area contributed by atoms with Crippen molar-refractivity contribution < 1.29 is 18.9 Å². The maximum atomic E-state index is 6.18. The summed E-state index contributed by atoms with van der Waals surface area (Å²) in [4.78, 5) is 9.38. The average Bonchev–Trinajstić information content (AvgIpc) is 3.33. The Hall–Kier alpha value is -2.54. The SMILES string of the molecule is CC1CCC(Nc2ncc(-c3ccc4c(c3)OCCO4)c(OCC3CCCO3)n2)CC1. The molecule has 1 saturated carbocycles. The number of rotatable bonds is 6. The topological polar surface area (TPSA) is 74.7 Å². The van der Waals surface area contributed by atoms with E-state index >= 15 is 0 Å². The van der Waals surface area contributed by atoms with Crippen LogP contribution in [0.5, 0.6) is 17.4 Å². The molecular weight excluding hydrogens is 394 g/mol. The van der Waals surface area contributed by atoms with E-state index in [2.05, 4.69) is 17.2 Å². The molecule has 0 spiro atoms. The van der Waals surface area contributed by atoms with Gasteiger partial charge >= 0.3 is 0 Å². The Bertz CT molecular complexity index is 892. The van der Waals surface area contributed by atoms with Crippen LogP contribution in [0.4, 0.5) is 5.95 Å². The monoisotopic (exact) mass is 425 g/mol. The van der Waals surface area contributed by atoms with E-state index in [1.807, 2.05) is 24.4 Å². The molecule has 7 nitrogen and oxygen atoms in total. The normalized spacial score (nSPS) is 25.3. The van der Waals surface area contributed by atoms with Crippen LogP contribution in [0.1, 0.15) is 45.4 Å². The lowest BCUT2D eigenvalue weighted by molar-refractivity contribution is 0.0665. The summed E-state index contributed by atoms with van der Waals surface area (Å²) in [5.41, 5.74) is 1.79. The van der Waals surface area contributed by atoms with Crippen molar-refractivity contribution >= 4 is 5.95 Å². The zero-order valence-corrected chi connectivity index (χ0v) is 18.1. The first kappa shape index (κ1) is 20.4. The van der Waals surface area contributed by atoms with E-state index in [4.69, 9.17) is 23.9 Å². The van der Waals surface area contributed by atoms with Gasteiger partial charge in [-0.1, -0.05) is 13.0 Å². The zero-order chi connectivity index (χ0) is 21.0. The van der Waals surface area contributed by atoms with Crippen LogP contribution in [0.3, 0.4) is 0 Å². The first-order chi connectivity index (χ1) is 15.2. The molecule has 1 aliphatic carbocycles. The summed E-state index contributed by atoms with van der Waals surface area (Å²) < 4.78 is 23.3. The van der Waals surface area contributed by atoms with Crippen LogP contribution in [0, 0.1) is 5.92 Å². The van der Waals surface area contributed by atoms with E-state index in [0.717, 1.165) is 60.8 Å².